The van der Waals surface area contributed by atoms with Crippen molar-refractivity contribution in [2.24, 2.45) is 5.92 Å². The van der Waals surface area contributed by atoms with Crippen molar-refractivity contribution >= 4 is 27.7 Å². The molecule has 1 saturated carbocycles. The molecule has 5 nitrogen and oxygen atoms in total. The number of carbonyl (C=O) groups excluding carboxylic acids is 1. The van der Waals surface area contributed by atoms with Crippen LogP contribution in [0.1, 0.15) is 57.2 Å². The predicted octanol–water partition coefficient (Wildman–Crippen LogP) is 3.47. The zero-order valence-corrected chi connectivity index (χ0v) is 14.1. The van der Waals surface area contributed by atoms with E-state index in [-0.39, 0.29) is 17.9 Å². The molecule has 0 bridgehead atoms. The van der Waals surface area contributed by atoms with Gasteiger partial charge in [-0.05, 0) is 42.6 Å². The Bertz CT molecular complexity index is 537. The third-order valence-electron chi connectivity index (χ3n) is 4.67. The summed E-state index contributed by atoms with van der Waals surface area (Å²) in [6.07, 6.45) is 5.00. The van der Waals surface area contributed by atoms with E-state index >= 15 is 0 Å². The highest BCUT2D eigenvalue weighted by Crippen LogP contribution is 2.42. The lowest BCUT2D eigenvalue weighted by Crippen LogP contribution is -2.37. The van der Waals surface area contributed by atoms with Crippen molar-refractivity contribution in [3.8, 4) is 0 Å². The van der Waals surface area contributed by atoms with Gasteiger partial charge in [0, 0.05) is 12.5 Å². The molecule has 1 aliphatic heterocycles. The average molecular weight is 356 g/mol. The minimum absolute atomic E-state index is 0.0201. The zero-order chi connectivity index (χ0) is 15.0. The van der Waals surface area contributed by atoms with Gasteiger partial charge in [0.25, 0.3) is 0 Å². The summed E-state index contributed by atoms with van der Waals surface area (Å²) >= 11 is 3.70. The van der Waals surface area contributed by atoms with E-state index in [2.05, 4.69) is 21.2 Å². The normalized spacial score (nSPS) is 25.5. The van der Waals surface area contributed by atoms with Crippen molar-refractivity contribution in [1.29, 1.82) is 0 Å². The molecule has 0 aromatic carbocycles. The third kappa shape index (κ3) is 2.58. The topological polar surface area (TPSA) is 56.1 Å². The minimum atomic E-state index is -0.180. The Hall–Kier alpha value is -1.04. The Labute approximate surface area is 133 Å². The number of nitrogens with zero attached hydrogens (tertiary/aromatic N) is 2. The first-order chi connectivity index (χ1) is 10.1. The fourth-order valence-electron chi connectivity index (χ4n) is 3.42. The molecule has 1 aromatic heterocycles. The number of hydrogen-bond acceptors (Lipinski definition) is 4. The van der Waals surface area contributed by atoms with E-state index in [1.807, 2.05) is 18.5 Å². The first-order valence-corrected chi connectivity index (χ1v) is 8.61. The van der Waals surface area contributed by atoms with Gasteiger partial charge in [0.05, 0.1) is 28.7 Å². The Balaban J connectivity index is 1.87. The maximum atomic E-state index is 12.1. The van der Waals surface area contributed by atoms with E-state index in [4.69, 9.17) is 9.84 Å². The van der Waals surface area contributed by atoms with Crippen LogP contribution < -0.4 is 5.32 Å². The number of halogens is 1. The molecular formula is C15H22BrN3O2. The van der Waals surface area contributed by atoms with Crippen LogP contribution in [0.25, 0.3) is 0 Å². The van der Waals surface area contributed by atoms with Crippen LogP contribution in [0.4, 0.5) is 5.82 Å². The molecule has 1 N–H and O–H groups in total. The van der Waals surface area contributed by atoms with Crippen molar-refractivity contribution in [3.05, 3.63) is 10.2 Å². The van der Waals surface area contributed by atoms with Crippen LogP contribution in [-0.4, -0.2) is 28.9 Å². The Morgan fingerprint density at radius 2 is 2.19 bits per heavy atom. The minimum Gasteiger partial charge on any atom is -0.466 e. The molecule has 2 unspecified atom stereocenters. The lowest BCUT2D eigenvalue weighted by atomic mass is 9.99. The van der Waals surface area contributed by atoms with E-state index < -0.39 is 0 Å². The molecule has 116 valence electrons. The first kappa shape index (κ1) is 14.9. The van der Waals surface area contributed by atoms with Gasteiger partial charge in [-0.1, -0.05) is 12.8 Å². The van der Waals surface area contributed by atoms with E-state index in [0.29, 0.717) is 19.1 Å². The molecular weight excluding hydrogens is 334 g/mol. The van der Waals surface area contributed by atoms with Gasteiger partial charge in [-0.25, -0.2) is 4.68 Å². The highest BCUT2D eigenvalue weighted by Gasteiger charge is 2.36. The lowest BCUT2D eigenvalue weighted by Gasteiger charge is -2.29. The van der Waals surface area contributed by atoms with E-state index in [1.54, 1.807) is 0 Å². The van der Waals surface area contributed by atoms with Crippen LogP contribution in [0.2, 0.25) is 0 Å². The molecule has 6 heteroatoms. The molecule has 0 spiro atoms. The summed E-state index contributed by atoms with van der Waals surface area (Å²) in [6.45, 7) is 4.91. The lowest BCUT2D eigenvalue weighted by molar-refractivity contribution is -0.149. The summed E-state index contributed by atoms with van der Waals surface area (Å²) in [7, 11) is 0. The molecule has 0 saturated heterocycles. The number of nitrogens with one attached hydrogen (secondary N) is 1. The number of fused-ring (bicyclic) bond motifs is 1. The highest BCUT2D eigenvalue weighted by atomic mass is 79.9. The number of carbonyl (C=O) groups is 1. The fourth-order valence-corrected chi connectivity index (χ4v) is 4.15. The monoisotopic (exact) mass is 355 g/mol. The van der Waals surface area contributed by atoms with Gasteiger partial charge in [0.1, 0.15) is 5.82 Å². The van der Waals surface area contributed by atoms with Crippen molar-refractivity contribution in [1.82, 2.24) is 9.78 Å². The van der Waals surface area contributed by atoms with Gasteiger partial charge in [0.2, 0.25) is 0 Å². The van der Waals surface area contributed by atoms with Crippen molar-refractivity contribution in [2.75, 3.05) is 18.5 Å². The second-order valence-corrected chi connectivity index (χ2v) is 6.75. The second kappa shape index (κ2) is 5.99. The number of rotatable bonds is 3. The van der Waals surface area contributed by atoms with Crippen LogP contribution in [-0.2, 0) is 9.53 Å². The van der Waals surface area contributed by atoms with Gasteiger partial charge in [-0.15, -0.1) is 0 Å². The second-order valence-electron chi connectivity index (χ2n) is 5.95. The van der Waals surface area contributed by atoms with E-state index in [9.17, 15) is 4.79 Å². The number of hydrogen-bond donors (Lipinski definition) is 1. The summed E-state index contributed by atoms with van der Waals surface area (Å²) < 4.78 is 8.21. The van der Waals surface area contributed by atoms with Gasteiger partial charge in [0.15, 0.2) is 0 Å². The SMILES string of the molecule is CCOC(=O)C1CNc2c(Br)c(C3CCCC3)nn2C1C. The average Bonchev–Trinajstić information content (AvgIpc) is 3.08. The molecule has 2 aliphatic rings. The first-order valence-electron chi connectivity index (χ1n) is 7.81. The van der Waals surface area contributed by atoms with Gasteiger partial charge < -0.3 is 10.1 Å². The van der Waals surface area contributed by atoms with E-state index in [1.165, 1.54) is 25.7 Å². The van der Waals surface area contributed by atoms with Gasteiger partial charge in [-0.2, -0.15) is 5.10 Å². The summed E-state index contributed by atoms with van der Waals surface area (Å²) in [4.78, 5) is 12.1. The molecule has 1 aromatic rings. The summed E-state index contributed by atoms with van der Waals surface area (Å²) in [6, 6.07) is 0.0201. The molecule has 2 atom stereocenters. The third-order valence-corrected chi connectivity index (χ3v) is 5.45. The molecule has 3 rings (SSSR count). The van der Waals surface area contributed by atoms with Crippen LogP contribution in [0.15, 0.2) is 4.47 Å². The maximum Gasteiger partial charge on any atom is 0.312 e. The number of esters is 1. The van der Waals surface area contributed by atoms with Gasteiger partial charge in [-0.3, -0.25) is 4.79 Å². The zero-order valence-electron chi connectivity index (χ0n) is 12.6. The maximum absolute atomic E-state index is 12.1. The largest absolute Gasteiger partial charge is 0.466 e. The fraction of sp³-hybridized carbons (Fsp3) is 0.733. The smallest absolute Gasteiger partial charge is 0.312 e. The van der Waals surface area contributed by atoms with Crippen molar-refractivity contribution in [3.63, 3.8) is 0 Å². The Kier molecular flexibility index (Phi) is 4.24. The summed E-state index contributed by atoms with van der Waals surface area (Å²) in [5.41, 5.74) is 1.14. The van der Waals surface area contributed by atoms with Gasteiger partial charge >= 0.3 is 5.97 Å². The summed E-state index contributed by atoms with van der Waals surface area (Å²) in [5, 5.41) is 8.15. The molecule has 21 heavy (non-hydrogen) atoms. The number of aromatic nitrogens is 2. The molecule has 2 heterocycles. The quantitative estimate of drug-likeness (QED) is 0.843. The van der Waals surface area contributed by atoms with Crippen molar-refractivity contribution in [2.45, 2.75) is 51.5 Å². The van der Waals surface area contributed by atoms with Crippen LogP contribution >= 0.6 is 15.9 Å². The molecule has 0 amide bonds. The molecule has 0 radical (unpaired) electrons. The molecule has 1 aliphatic carbocycles. The standard InChI is InChI=1S/C15H22BrN3O2/c1-3-21-15(20)11-8-17-14-12(16)13(10-6-4-5-7-10)18-19(14)9(11)2/h9-11,17H,3-8H2,1-2H3. The summed E-state index contributed by atoms with van der Waals surface area (Å²) in [5.74, 6) is 1.23. The van der Waals surface area contributed by atoms with Crippen LogP contribution in [0.5, 0.6) is 0 Å². The molecule has 1 fully saturated rings. The van der Waals surface area contributed by atoms with Crippen LogP contribution in [0, 0.1) is 5.92 Å². The predicted molar refractivity (Wildman–Crippen MR) is 84.5 cm³/mol. The van der Waals surface area contributed by atoms with Crippen molar-refractivity contribution < 1.29 is 9.53 Å². The number of ether oxygens (including phenoxy) is 1. The Morgan fingerprint density at radius 3 is 2.86 bits per heavy atom. The van der Waals surface area contributed by atoms with E-state index in [0.717, 1.165) is 16.0 Å². The van der Waals surface area contributed by atoms with Crippen LogP contribution in [0.3, 0.4) is 0 Å². The highest BCUT2D eigenvalue weighted by molar-refractivity contribution is 9.10. The number of anilines is 1. The Morgan fingerprint density at radius 1 is 1.48 bits per heavy atom.